The van der Waals surface area contributed by atoms with Gasteiger partial charge in [-0.2, -0.15) is 5.26 Å². The highest BCUT2D eigenvalue weighted by molar-refractivity contribution is 7.89. The van der Waals surface area contributed by atoms with Crippen molar-refractivity contribution in [2.45, 2.75) is 11.3 Å². The highest BCUT2D eigenvalue weighted by atomic mass is 32.2. The lowest BCUT2D eigenvalue weighted by Gasteiger charge is -2.08. The summed E-state index contributed by atoms with van der Waals surface area (Å²) in [5, 5.41) is 13.3. The minimum Gasteiger partial charge on any atom is -0.388 e. The van der Waals surface area contributed by atoms with Crippen LogP contribution in [0.5, 0.6) is 5.88 Å². The molecule has 0 saturated heterocycles. The van der Waals surface area contributed by atoms with Gasteiger partial charge in [-0.3, -0.25) is 0 Å². The van der Waals surface area contributed by atoms with E-state index in [0.29, 0.717) is 12.1 Å². The molecule has 1 aromatic rings. The predicted octanol–water partition coefficient (Wildman–Crippen LogP) is 0.499. The molecule has 17 heavy (non-hydrogen) atoms. The van der Waals surface area contributed by atoms with Crippen molar-refractivity contribution in [3.63, 3.8) is 0 Å². The first-order chi connectivity index (χ1) is 7.63. The van der Waals surface area contributed by atoms with E-state index in [1.165, 1.54) is 6.07 Å². The summed E-state index contributed by atoms with van der Waals surface area (Å²) in [4.78, 5) is 2.41. The van der Waals surface area contributed by atoms with Gasteiger partial charge in [-0.05, 0) is 6.07 Å². The van der Waals surface area contributed by atoms with Gasteiger partial charge in [0.2, 0.25) is 15.9 Å². The second-order valence-corrected chi connectivity index (χ2v) is 4.23. The molecular formula is C7H4F3N3O3S. The summed E-state index contributed by atoms with van der Waals surface area (Å²) < 4.78 is 60.7. The van der Waals surface area contributed by atoms with Crippen LogP contribution in [0, 0.1) is 11.3 Å². The van der Waals surface area contributed by atoms with Crippen molar-refractivity contribution < 1.29 is 26.3 Å². The Morgan fingerprint density at radius 1 is 1.41 bits per heavy atom. The molecule has 1 heterocycles. The van der Waals surface area contributed by atoms with Crippen LogP contribution in [0.1, 0.15) is 5.69 Å². The lowest BCUT2D eigenvalue weighted by atomic mass is 10.4. The maximum Gasteiger partial charge on any atom is 0.574 e. The van der Waals surface area contributed by atoms with E-state index in [1.54, 1.807) is 0 Å². The lowest BCUT2D eigenvalue weighted by Crippen LogP contribution is -2.19. The maximum atomic E-state index is 11.8. The molecule has 92 valence electrons. The fraction of sp³-hybridized carbons (Fsp3) is 0.143. The number of halogens is 3. The van der Waals surface area contributed by atoms with E-state index in [-0.39, 0.29) is 0 Å². The van der Waals surface area contributed by atoms with Crippen molar-refractivity contribution >= 4 is 10.0 Å². The molecule has 0 aliphatic carbocycles. The van der Waals surface area contributed by atoms with Gasteiger partial charge in [0.15, 0.2) is 5.69 Å². The molecule has 0 aliphatic heterocycles. The first-order valence-electron chi connectivity index (χ1n) is 3.83. The molecule has 0 aliphatic rings. The molecule has 0 fully saturated rings. The Bertz CT molecular complexity index is 576. The Labute approximate surface area is 93.5 Å². The second kappa shape index (κ2) is 4.19. The third kappa shape index (κ3) is 3.58. The van der Waals surface area contributed by atoms with Gasteiger partial charge in [-0.25, -0.2) is 18.5 Å². The summed E-state index contributed by atoms with van der Waals surface area (Å²) in [6.07, 6.45) is -4.98. The molecular weight excluding hydrogens is 263 g/mol. The highest BCUT2D eigenvalue weighted by Gasteiger charge is 2.32. The number of sulfonamides is 1. The van der Waals surface area contributed by atoms with Crippen molar-refractivity contribution in [1.82, 2.24) is 4.98 Å². The van der Waals surface area contributed by atoms with Crippen molar-refractivity contribution in [3.05, 3.63) is 17.8 Å². The van der Waals surface area contributed by atoms with E-state index in [4.69, 9.17) is 10.4 Å². The molecule has 0 bridgehead atoms. The average molecular weight is 267 g/mol. The Morgan fingerprint density at radius 2 is 2.00 bits per heavy atom. The van der Waals surface area contributed by atoms with E-state index in [9.17, 15) is 21.6 Å². The summed E-state index contributed by atoms with van der Waals surface area (Å²) in [6, 6.07) is 2.67. The van der Waals surface area contributed by atoms with E-state index in [1.807, 2.05) is 0 Å². The van der Waals surface area contributed by atoms with E-state index >= 15 is 0 Å². The first-order valence-corrected chi connectivity index (χ1v) is 5.38. The fourth-order valence-electron chi connectivity index (χ4n) is 0.914. The molecule has 0 spiro atoms. The number of primary sulfonamides is 1. The number of hydrogen-bond acceptors (Lipinski definition) is 5. The van der Waals surface area contributed by atoms with Crippen LogP contribution < -0.4 is 9.88 Å². The zero-order chi connectivity index (χ0) is 13.3. The van der Waals surface area contributed by atoms with Gasteiger partial charge >= 0.3 is 6.36 Å². The molecule has 10 heteroatoms. The minimum absolute atomic E-state index is 0.647. The molecule has 0 amide bonds. The number of rotatable bonds is 2. The normalized spacial score (nSPS) is 11.9. The average Bonchev–Trinajstić information content (AvgIpc) is 2.13. The number of nitrogens with zero attached hydrogens (tertiary/aromatic N) is 2. The van der Waals surface area contributed by atoms with Crippen LogP contribution in [-0.4, -0.2) is 19.8 Å². The Balaban J connectivity index is 3.25. The topological polar surface area (TPSA) is 106 Å². The Morgan fingerprint density at radius 3 is 2.41 bits per heavy atom. The lowest BCUT2D eigenvalue weighted by molar-refractivity contribution is -0.276. The third-order valence-electron chi connectivity index (χ3n) is 1.47. The molecule has 0 saturated carbocycles. The smallest absolute Gasteiger partial charge is 0.388 e. The summed E-state index contributed by atoms with van der Waals surface area (Å²) in [5.41, 5.74) is -0.769. The van der Waals surface area contributed by atoms with E-state index in [0.717, 1.165) is 0 Å². The van der Waals surface area contributed by atoms with Gasteiger partial charge in [-0.1, -0.05) is 0 Å². The molecule has 0 unspecified atom stereocenters. The van der Waals surface area contributed by atoms with Crippen LogP contribution in [0.2, 0.25) is 0 Å². The van der Waals surface area contributed by atoms with Gasteiger partial charge in [-0.15, -0.1) is 13.2 Å². The first kappa shape index (κ1) is 13.2. The van der Waals surface area contributed by atoms with Crippen LogP contribution in [-0.2, 0) is 10.0 Å². The number of hydrogen-bond donors (Lipinski definition) is 1. The standard InChI is InChI=1S/C7H4F3N3O3S/c8-7(9,10)16-6-2-1-5(17(12,14)15)4(3-11)13-6/h1-2H,(H2,12,14,15). The second-order valence-electron chi connectivity index (χ2n) is 2.70. The molecule has 0 atom stereocenters. The summed E-state index contributed by atoms with van der Waals surface area (Å²) >= 11 is 0. The third-order valence-corrected chi connectivity index (χ3v) is 2.41. The van der Waals surface area contributed by atoms with Crippen LogP contribution in [0.4, 0.5) is 13.2 Å². The molecule has 1 aromatic heterocycles. The fourth-order valence-corrected chi connectivity index (χ4v) is 1.53. The predicted molar refractivity (Wildman–Crippen MR) is 47.0 cm³/mol. The van der Waals surface area contributed by atoms with Crippen molar-refractivity contribution in [1.29, 1.82) is 5.26 Å². The van der Waals surface area contributed by atoms with E-state index in [2.05, 4.69) is 9.72 Å². The number of nitrogens with two attached hydrogens (primary N) is 1. The molecule has 2 N–H and O–H groups in total. The number of nitriles is 1. The highest BCUT2D eigenvalue weighted by Crippen LogP contribution is 2.23. The van der Waals surface area contributed by atoms with Gasteiger partial charge in [0.25, 0.3) is 0 Å². The molecule has 6 nitrogen and oxygen atoms in total. The monoisotopic (exact) mass is 267 g/mol. The van der Waals surface area contributed by atoms with Gasteiger partial charge in [0.05, 0.1) is 0 Å². The number of aromatic nitrogens is 1. The summed E-state index contributed by atoms with van der Waals surface area (Å²) in [7, 11) is -4.23. The number of alkyl halides is 3. The van der Waals surface area contributed by atoms with Gasteiger partial charge in [0, 0.05) is 6.07 Å². The van der Waals surface area contributed by atoms with Gasteiger partial charge in [0.1, 0.15) is 11.0 Å². The van der Waals surface area contributed by atoms with Crippen molar-refractivity contribution in [2.24, 2.45) is 5.14 Å². The molecule has 1 rings (SSSR count). The van der Waals surface area contributed by atoms with Crippen LogP contribution in [0.3, 0.4) is 0 Å². The zero-order valence-corrected chi connectivity index (χ0v) is 8.71. The number of ether oxygens (including phenoxy) is 1. The molecule has 0 radical (unpaired) electrons. The van der Waals surface area contributed by atoms with Gasteiger partial charge < -0.3 is 4.74 Å². The number of pyridine rings is 1. The summed E-state index contributed by atoms with van der Waals surface area (Å²) in [5.74, 6) is -0.943. The van der Waals surface area contributed by atoms with Crippen LogP contribution >= 0.6 is 0 Å². The van der Waals surface area contributed by atoms with Crippen LogP contribution in [0.15, 0.2) is 17.0 Å². The largest absolute Gasteiger partial charge is 0.574 e. The van der Waals surface area contributed by atoms with Crippen LogP contribution in [0.25, 0.3) is 0 Å². The summed E-state index contributed by atoms with van der Waals surface area (Å²) in [6.45, 7) is 0. The van der Waals surface area contributed by atoms with Crippen molar-refractivity contribution in [3.8, 4) is 11.9 Å². The Hall–Kier alpha value is -1.86. The zero-order valence-electron chi connectivity index (χ0n) is 7.89. The quantitative estimate of drug-likeness (QED) is 0.839. The molecule has 0 aromatic carbocycles. The SMILES string of the molecule is N#Cc1nc(OC(F)(F)F)ccc1S(N)(=O)=O. The Kier molecular flexibility index (Phi) is 3.25. The maximum absolute atomic E-state index is 11.8. The van der Waals surface area contributed by atoms with E-state index < -0.39 is 32.9 Å². The minimum atomic E-state index is -4.98. The van der Waals surface area contributed by atoms with Crippen molar-refractivity contribution in [2.75, 3.05) is 0 Å².